The predicted molar refractivity (Wildman–Crippen MR) is 118 cm³/mol. The van der Waals surface area contributed by atoms with Gasteiger partial charge in [0.25, 0.3) is 0 Å². The number of aromatic nitrogens is 3. The van der Waals surface area contributed by atoms with Crippen molar-refractivity contribution < 1.29 is 27.1 Å². The maximum absolute atomic E-state index is 14.9. The first-order valence-corrected chi connectivity index (χ1v) is 9.82. The lowest BCUT2D eigenvalue weighted by molar-refractivity contribution is -0.137. The van der Waals surface area contributed by atoms with Gasteiger partial charge >= 0.3 is 12.2 Å². The van der Waals surface area contributed by atoms with Crippen LogP contribution in [0.5, 0.6) is 0 Å². The molecule has 0 fully saturated rings. The average Bonchev–Trinajstić information content (AvgIpc) is 3.14. The minimum Gasteiger partial charge on any atom is -0.382 e. The number of nitrogens with zero attached hydrogens (tertiary/aromatic N) is 3. The summed E-state index contributed by atoms with van der Waals surface area (Å²) in [5, 5.41) is 8.66. The second-order valence-corrected chi connectivity index (χ2v) is 7.25. The van der Waals surface area contributed by atoms with Gasteiger partial charge in [0.15, 0.2) is 5.82 Å². The lowest BCUT2D eigenvalue weighted by atomic mass is 10.0. The van der Waals surface area contributed by atoms with Crippen molar-refractivity contribution in [3.8, 4) is 11.1 Å². The number of alkyl halides is 3. The molecule has 4 aromatic rings. The number of ether oxygens (including phenoxy) is 1. The summed E-state index contributed by atoms with van der Waals surface area (Å²) >= 11 is 0. The van der Waals surface area contributed by atoms with Gasteiger partial charge in [-0.1, -0.05) is 12.1 Å². The quantitative estimate of drug-likeness (QED) is 0.356. The number of anilines is 3. The van der Waals surface area contributed by atoms with Crippen LogP contribution in [0.1, 0.15) is 11.1 Å². The first kappa shape index (κ1) is 23.0. The van der Waals surface area contributed by atoms with Crippen molar-refractivity contribution in [2.75, 3.05) is 23.5 Å². The van der Waals surface area contributed by atoms with Crippen molar-refractivity contribution in [3.63, 3.8) is 0 Å². The fraction of sp³-hybridized carbons (Fsp3) is 0.136. The van der Waals surface area contributed by atoms with Gasteiger partial charge in [0.2, 0.25) is 0 Å². The zero-order valence-corrected chi connectivity index (χ0v) is 17.7. The van der Waals surface area contributed by atoms with E-state index in [2.05, 4.69) is 20.7 Å². The molecular weight excluding hydrogens is 456 g/mol. The second kappa shape index (κ2) is 8.98. The van der Waals surface area contributed by atoms with Crippen molar-refractivity contribution in [2.45, 2.75) is 12.8 Å². The Hall–Kier alpha value is -4.19. The highest BCUT2D eigenvalue weighted by atomic mass is 19.4. The summed E-state index contributed by atoms with van der Waals surface area (Å²) in [5.41, 5.74) is 6.99. The number of methoxy groups -OCH3 is 1. The molecule has 0 unspecified atom stereocenters. The van der Waals surface area contributed by atoms with E-state index in [1.165, 1.54) is 36.2 Å². The lowest BCUT2D eigenvalue weighted by Crippen LogP contribution is -2.20. The van der Waals surface area contributed by atoms with Crippen LogP contribution in [-0.2, 0) is 17.5 Å². The molecule has 176 valence electrons. The van der Waals surface area contributed by atoms with Crippen LogP contribution in [0.15, 0.2) is 55.0 Å². The number of fused-ring (bicyclic) bond motifs is 1. The number of amides is 2. The molecule has 2 aromatic heterocycles. The molecule has 0 saturated carbocycles. The van der Waals surface area contributed by atoms with Gasteiger partial charge < -0.3 is 21.1 Å². The number of rotatable bonds is 5. The smallest absolute Gasteiger partial charge is 0.382 e. The number of benzene rings is 2. The van der Waals surface area contributed by atoms with E-state index in [0.717, 1.165) is 18.2 Å². The summed E-state index contributed by atoms with van der Waals surface area (Å²) in [7, 11) is 1.51. The molecule has 0 aliphatic carbocycles. The monoisotopic (exact) mass is 474 g/mol. The molecule has 4 rings (SSSR count). The van der Waals surface area contributed by atoms with Gasteiger partial charge in [-0.2, -0.15) is 18.3 Å². The number of nitrogens with two attached hydrogens (primary N) is 1. The molecule has 2 aromatic carbocycles. The number of carbonyl (C=O) groups excluding carboxylic acids is 1. The predicted octanol–water partition coefficient (Wildman–Crippen LogP) is 4.93. The third-order valence-electron chi connectivity index (χ3n) is 4.93. The van der Waals surface area contributed by atoms with Gasteiger partial charge in [-0.25, -0.2) is 18.7 Å². The Bertz CT molecular complexity index is 1370. The summed E-state index contributed by atoms with van der Waals surface area (Å²) in [6.07, 6.45) is -1.58. The van der Waals surface area contributed by atoms with Crippen LogP contribution in [0.3, 0.4) is 0 Å². The molecule has 8 nitrogen and oxygen atoms in total. The maximum atomic E-state index is 14.9. The van der Waals surface area contributed by atoms with E-state index in [4.69, 9.17) is 10.5 Å². The number of nitrogen functional groups attached to an aromatic ring is 1. The molecule has 0 aliphatic heterocycles. The number of hydrogen-bond donors (Lipinski definition) is 3. The first-order chi connectivity index (χ1) is 16.2. The molecule has 0 saturated heterocycles. The molecule has 2 heterocycles. The van der Waals surface area contributed by atoms with Crippen LogP contribution in [0.2, 0.25) is 0 Å². The van der Waals surface area contributed by atoms with Crippen LogP contribution in [0.4, 0.5) is 39.5 Å². The number of urea groups is 1. The minimum atomic E-state index is -4.56. The van der Waals surface area contributed by atoms with Gasteiger partial charge in [-0.05, 0) is 35.9 Å². The number of halogens is 4. The van der Waals surface area contributed by atoms with E-state index >= 15 is 0 Å². The summed E-state index contributed by atoms with van der Waals surface area (Å²) in [5.74, 6) is -0.578. The molecule has 0 bridgehead atoms. The van der Waals surface area contributed by atoms with Gasteiger partial charge in [-0.15, -0.1) is 0 Å². The van der Waals surface area contributed by atoms with E-state index in [-0.39, 0.29) is 23.8 Å². The van der Waals surface area contributed by atoms with Crippen LogP contribution in [0, 0.1) is 5.82 Å². The van der Waals surface area contributed by atoms with Crippen LogP contribution < -0.4 is 16.4 Å². The summed E-state index contributed by atoms with van der Waals surface area (Å²) in [6, 6.07) is 7.28. The number of hydrogen-bond acceptors (Lipinski definition) is 5. The van der Waals surface area contributed by atoms with Crippen molar-refractivity contribution in [2.24, 2.45) is 0 Å². The average molecular weight is 474 g/mol. The zero-order valence-electron chi connectivity index (χ0n) is 17.7. The number of nitrogens with one attached hydrogen (secondary N) is 2. The molecule has 2 amide bonds. The van der Waals surface area contributed by atoms with Crippen molar-refractivity contribution >= 4 is 28.7 Å². The Kier molecular flexibility index (Phi) is 6.07. The SMILES string of the molecule is COCc1cn2ncnc(N)c2c1-c1ccc(NC(=O)Nc2cccc(C(F)(F)F)c2)c(F)c1. The van der Waals surface area contributed by atoms with Gasteiger partial charge in [0.1, 0.15) is 17.7 Å². The van der Waals surface area contributed by atoms with E-state index < -0.39 is 23.6 Å². The van der Waals surface area contributed by atoms with Gasteiger partial charge in [0.05, 0.1) is 17.9 Å². The summed E-state index contributed by atoms with van der Waals surface area (Å²) in [4.78, 5) is 16.2. The Morgan fingerprint density at radius 3 is 2.68 bits per heavy atom. The van der Waals surface area contributed by atoms with Crippen molar-refractivity contribution in [1.29, 1.82) is 0 Å². The summed E-state index contributed by atoms with van der Waals surface area (Å²) < 4.78 is 60.2. The molecule has 12 heteroatoms. The Morgan fingerprint density at radius 1 is 1.18 bits per heavy atom. The molecule has 34 heavy (non-hydrogen) atoms. The minimum absolute atomic E-state index is 0.0932. The fourth-order valence-corrected chi connectivity index (χ4v) is 3.50. The molecule has 4 N–H and O–H groups in total. The second-order valence-electron chi connectivity index (χ2n) is 7.25. The van der Waals surface area contributed by atoms with Crippen molar-refractivity contribution in [3.05, 3.63) is 71.9 Å². The van der Waals surface area contributed by atoms with Crippen molar-refractivity contribution in [1.82, 2.24) is 14.6 Å². The van der Waals surface area contributed by atoms with E-state index in [1.807, 2.05) is 0 Å². The molecule has 0 spiro atoms. The third-order valence-corrected chi connectivity index (χ3v) is 4.93. The highest BCUT2D eigenvalue weighted by molar-refractivity contribution is 6.00. The Balaban J connectivity index is 1.59. The fourth-order valence-electron chi connectivity index (χ4n) is 3.50. The molecule has 0 radical (unpaired) electrons. The molecule has 0 atom stereocenters. The first-order valence-electron chi connectivity index (χ1n) is 9.82. The Morgan fingerprint density at radius 2 is 1.97 bits per heavy atom. The largest absolute Gasteiger partial charge is 0.416 e. The number of carbonyl (C=O) groups is 1. The van der Waals surface area contributed by atoms with Crippen LogP contribution >= 0.6 is 0 Å². The molecule has 0 aliphatic rings. The van der Waals surface area contributed by atoms with Gasteiger partial charge in [0, 0.05) is 30.1 Å². The van der Waals surface area contributed by atoms with E-state index in [0.29, 0.717) is 22.2 Å². The lowest BCUT2D eigenvalue weighted by Gasteiger charge is -2.12. The topological polar surface area (TPSA) is 107 Å². The highest BCUT2D eigenvalue weighted by Gasteiger charge is 2.30. The third kappa shape index (κ3) is 4.62. The Labute approximate surface area is 190 Å². The maximum Gasteiger partial charge on any atom is 0.416 e. The zero-order chi connectivity index (χ0) is 24.5. The molecular formula is C22H18F4N6O2. The normalized spacial score (nSPS) is 11.6. The van der Waals surface area contributed by atoms with Gasteiger partial charge in [-0.3, -0.25) is 0 Å². The van der Waals surface area contributed by atoms with Crippen LogP contribution in [0.25, 0.3) is 16.6 Å². The van der Waals surface area contributed by atoms with E-state index in [1.54, 1.807) is 12.3 Å². The summed E-state index contributed by atoms with van der Waals surface area (Å²) in [6.45, 7) is 0.207. The standard InChI is InChI=1S/C22H18F4N6O2/c1-34-10-13-9-32-19(20(27)28-11-29-32)18(13)12-5-6-17(16(23)7-12)31-21(33)30-15-4-2-3-14(8-15)22(24,25)26/h2-9,11H,10H2,1H3,(H2,27,28,29)(H2,30,31,33). The highest BCUT2D eigenvalue weighted by Crippen LogP contribution is 2.34. The van der Waals surface area contributed by atoms with E-state index in [9.17, 15) is 22.4 Å². The van der Waals surface area contributed by atoms with Crippen LogP contribution in [-0.4, -0.2) is 27.7 Å².